The van der Waals surface area contributed by atoms with E-state index in [0.717, 1.165) is 83.1 Å². The molecule has 1 aromatic heterocycles. The van der Waals surface area contributed by atoms with Gasteiger partial charge in [-0.1, -0.05) is 24.3 Å². The van der Waals surface area contributed by atoms with E-state index in [1.807, 2.05) is 47.6 Å². The van der Waals surface area contributed by atoms with Crippen LogP contribution in [0.3, 0.4) is 0 Å². The summed E-state index contributed by atoms with van der Waals surface area (Å²) in [5, 5.41) is 0. The average Bonchev–Trinajstić information content (AvgIpc) is 3.48. The average molecular weight is 568 g/mol. The minimum atomic E-state index is 0.0375. The normalized spacial score (nSPS) is 20.2. The number of ether oxygens (including phenoxy) is 1. The highest BCUT2D eigenvalue weighted by Crippen LogP contribution is 2.25. The van der Waals surface area contributed by atoms with Crippen LogP contribution in [0.15, 0.2) is 73.1 Å². The number of pyridine rings is 1. The second kappa shape index (κ2) is 13.5. The summed E-state index contributed by atoms with van der Waals surface area (Å²) >= 11 is 0. The highest BCUT2D eigenvalue weighted by Gasteiger charge is 2.27. The Bertz CT molecular complexity index is 1340. The van der Waals surface area contributed by atoms with Crippen LogP contribution in [0.5, 0.6) is 5.75 Å². The zero-order chi connectivity index (χ0) is 28.7. The molecule has 0 unspecified atom stereocenters. The third-order valence-electron chi connectivity index (χ3n) is 8.69. The van der Waals surface area contributed by atoms with Gasteiger partial charge < -0.3 is 14.5 Å². The Hall–Kier alpha value is -3.75. The van der Waals surface area contributed by atoms with Gasteiger partial charge in [0.1, 0.15) is 5.75 Å². The molecule has 1 atom stereocenters. The molecule has 0 bridgehead atoms. The van der Waals surface area contributed by atoms with Gasteiger partial charge in [0.05, 0.1) is 6.61 Å². The predicted molar refractivity (Wildman–Crippen MR) is 163 cm³/mol. The van der Waals surface area contributed by atoms with Gasteiger partial charge in [-0.2, -0.15) is 0 Å². The Morgan fingerprint density at radius 2 is 1.64 bits per heavy atom. The Morgan fingerprint density at radius 3 is 2.36 bits per heavy atom. The minimum Gasteiger partial charge on any atom is -0.493 e. The highest BCUT2D eigenvalue weighted by molar-refractivity contribution is 5.99. The fourth-order valence-electron chi connectivity index (χ4n) is 6.31. The second-order valence-corrected chi connectivity index (χ2v) is 11.8. The molecular weight excluding hydrogens is 526 g/mol. The van der Waals surface area contributed by atoms with Gasteiger partial charge in [-0.25, -0.2) is 0 Å². The molecule has 0 saturated carbocycles. The number of carbonyl (C=O) groups excluding carboxylic acids is 2. The molecule has 220 valence electrons. The number of piperidine rings is 1. The monoisotopic (exact) mass is 567 g/mol. The van der Waals surface area contributed by atoms with Crippen molar-refractivity contribution in [1.29, 1.82) is 0 Å². The van der Waals surface area contributed by atoms with Crippen LogP contribution < -0.4 is 9.64 Å². The summed E-state index contributed by atoms with van der Waals surface area (Å²) in [7, 11) is 0. The summed E-state index contributed by atoms with van der Waals surface area (Å²) in [6, 6.07) is 20.2. The van der Waals surface area contributed by atoms with Crippen molar-refractivity contribution in [3.63, 3.8) is 0 Å². The van der Waals surface area contributed by atoms with Crippen molar-refractivity contribution < 1.29 is 14.3 Å². The van der Waals surface area contributed by atoms with Gasteiger partial charge in [0, 0.05) is 94.9 Å². The number of piperazine rings is 1. The van der Waals surface area contributed by atoms with Crippen LogP contribution in [0.25, 0.3) is 0 Å². The number of aromatic nitrogens is 1. The van der Waals surface area contributed by atoms with Crippen molar-refractivity contribution >= 4 is 17.5 Å². The molecule has 3 aliphatic heterocycles. The van der Waals surface area contributed by atoms with E-state index in [2.05, 4.69) is 45.1 Å². The lowest BCUT2D eigenvalue weighted by atomic mass is 9.98. The van der Waals surface area contributed by atoms with Crippen molar-refractivity contribution in [2.24, 2.45) is 5.92 Å². The number of benzene rings is 2. The molecule has 6 rings (SSSR count). The molecule has 3 aliphatic rings. The summed E-state index contributed by atoms with van der Waals surface area (Å²) in [4.78, 5) is 38.5. The summed E-state index contributed by atoms with van der Waals surface area (Å²) in [6.45, 7) is 8.97. The van der Waals surface area contributed by atoms with E-state index < -0.39 is 0 Å². The number of carbonyl (C=O) groups is 2. The first-order chi connectivity index (χ1) is 20.6. The number of hydrogen-bond acceptors (Lipinski definition) is 6. The largest absolute Gasteiger partial charge is 0.493 e. The van der Waals surface area contributed by atoms with E-state index in [1.165, 1.54) is 11.1 Å². The van der Waals surface area contributed by atoms with Crippen molar-refractivity contribution in [3.05, 3.63) is 89.7 Å². The van der Waals surface area contributed by atoms with Gasteiger partial charge in [0.2, 0.25) is 5.91 Å². The zero-order valence-electron chi connectivity index (χ0n) is 24.4. The molecule has 2 aromatic carbocycles. The molecule has 42 heavy (non-hydrogen) atoms. The van der Waals surface area contributed by atoms with Gasteiger partial charge in [-0.15, -0.1) is 0 Å². The molecule has 2 amide bonds. The van der Waals surface area contributed by atoms with Crippen LogP contribution >= 0.6 is 0 Å². The van der Waals surface area contributed by atoms with E-state index >= 15 is 0 Å². The highest BCUT2D eigenvalue weighted by atomic mass is 16.5. The quantitative estimate of drug-likeness (QED) is 0.381. The lowest BCUT2D eigenvalue weighted by Crippen LogP contribution is -2.45. The van der Waals surface area contributed by atoms with Crippen LogP contribution in [-0.4, -0.2) is 83.9 Å². The molecular formula is C34H41N5O3. The third kappa shape index (κ3) is 7.17. The molecule has 3 fully saturated rings. The van der Waals surface area contributed by atoms with Crippen LogP contribution in [0, 0.1) is 5.92 Å². The van der Waals surface area contributed by atoms with Gasteiger partial charge in [-0.3, -0.25) is 24.4 Å². The molecule has 8 nitrogen and oxygen atoms in total. The number of hydrogen-bond donors (Lipinski definition) is 0. The van der Waals surface area contributed by atoms with E-state index in [0.29, 0.717) is 31.1 Å². The summed E-state index contributed by atoms with van der Waals surface area (Å²) in [5.41, 5.74) is 4.05. The minimum absolute atomic E-state index is 0.0375. The van der Waals surface area contributed by atoms with Gasteiger partial charge in [-0.05, 0) is 66.8 Å². The number of likely N-dealkylation sites (tertiary alicyclic amines) is 1. The number of nitrogens with zero attached hydrogens (tertiary/aromatic N) is 5. The Kier molecular flexibility index (Phi) is 9.11. The van der Waals surface area contributed by atoms with Crippen LogP contribution in [-0.2, 0) is 17.9 Å². The fourth-order valence-corrected chi connectivity index (χ4v) is 6.31. The maximum absolute atomic E-state index is 13.3. The second-order valence-electron chi connectivity index (χ2n) is 11.8. The lowest BCUT2D eigenvalue weighted by molar-refractivity contribution is -0.117. The summed E-state index contributed by atoms with van der Waals surface area (Å²) < 4.78 is 6.19. The molecule has 0 aliphatic carbocycles. The maximum atomic E-state index is 13.3. The molecule has 0 radical (unpaired) electrons. The number of amides is 2. The van der Waals surface area contributed by atoms with Crippen LogP contribution in [0.4, 0.5) is 5.69 Å². The van der Waals surface area contributed by atoms with Crippen LogP contribution in [0.2, 0.25) is 0 Å². The Morgan fingerprint density at radius 1 is 0.857 bits per heavy atom. The lowest BCUT2D eigenvalue weighted by Gasteiger charge is -2.34. The molecule has 8 heteroatoms. The molecule has 3 aromatic rings. The van der Waals surface area contributed by atoms with Crippen molar-refractivity contribution in [3.8, 4) is 5.75 Å². The van der Waals surface area contributed by atoms with E-state index in [-0.39, 0.29) is 11.8 Å². The van der Waals surface area contributed by atoms with E-state index in [9.17, 15) is 9.59 Å². The smallest absolute Gasteiger partial charge is 0.253 e. The first-order valence-corrected chi connectivity index (χ1v) is 15.4. The molecule has 0 N–H and O–H groups in total. The Balaban J connectivity index is 0.949. The first kappa shape index (κ1) is 28.4. The molecule has 0 spiro atoms. The topological polar surface area (TPSA) is 69.2 Å². The number of rotatable bonds is 9. The van der Waals surface area contributed by atoms with Crippen LogP contribution in [0.1, 0.15) is 47.2 Å². The van der Waals surface area contributed by atoms with E-state index in [1.54, 1.807) is 4.90 Å². The molecule has 3 saturated heterocycles. The zero-order valence-corrected chi connectivity index (χ0v) is 24.4. The molecule has 4 heterocycles. The van der Waals surface area contributed by atoms with Crippen molar-refractivity contribution in [1.82, 2.24) is 19.7 Å². The predicted octanol–water partition coefficient (Wildman–Crippen LogP) is 4.46. The maximum Gasteiger partial charge on any atom is 0.253 e. The number of anilines is 1. The summed E-state index contributed by atoms with van der Waals surface area (Å²) in [6.07, 6.45) is 7.26. The summed E-state index contributed by atoms with van der Waals surface area (Å²) in [5.74, 6) is 1.36. The fraction of sp³-hybridized carbons (Fsp3) is 0.441. The van der Waals surface area contributed by atoms with Gasteiger partial charge >= 0.3 is 0 Å². The standard InChI is InChI=1S/C34H41N5O3/c40-33-9-4-16-39(33)31-8-1-7-30(21-31)34(41)38-15-3-6-29(25-38)26-42-32-12-10-27(11-13-32)23-36-17-19-37(20-18-36)24-28-5-2-14-35-22-28/h1-2,5,7-8,10-14,21-22,29H,3-4,6,9,15-20,23-26H2/t29-/m0/s1. The van der Waals surface area contributed by atoms with Crippen molar-refractivity contribution in [2.75, 3.05) is 57.3 Å². The first-order valence-electron chi connectivity index (χ1n) is 15.4. The SMILES string of the molecule is O=C(c1cccc(N2CCCC2=O)c1)N1CCC[C@H](COc2ccc(CN3CCN(Cc4cccnc4)CC3)cc2)C1. The van der Waals surface area contributed by atoms with E-state index in [4.69, 9.17) is 4.74 Å². The van der Waals surface area contributed by atoms with Crippen molar-refractivity contribution in [2.45, 2.75) is 38.8 Å². The Labute approximate surface area is 248 Å². The van der Waals surface area contributed by atoms with Gasteiger partial charge in [0.15, 0.2) is 0 Å². The third-order valence-corrected chi connectivity index (χ3v) is 8.69. The van der Waals surface area contributed by atoms with Gasteiger partial charge in [0.25, 0.3) is 5.91 Å².